The van der Waals surface area contributed by atoms with Crippen LogP contribution in [0.4, 0.5) is 0 Å². The summed E-state index contributed by atoms with van der Waals surface area (Å²) in [6, 6.07) is 7.03. The summed E-state index contributed by atoms with van der Waals surface area (Å²) in [5.74, 6) is -0.301. The van der Waals surface area contributed by atoms with E-state index in [1.54, 1.807) is 12.1 Å². The van der Waals surface area contributed by atoms with E-state index in [-0.39, 0.29) is 12.4 Å². The number of carbonyl (C=O) groups is 2. The number of rotatable bonds is 6. The van der Waals surface area contributed by atoms with Crippen molar-refractivity contribution in [3.63, 3.8) is 0 Å². The minimum atomic E-state index is -0.479. The molecule has 0 saturated heterocycles. The van der Waals surface area contributed by atoms with Gasteiger partial charge in [0.15, 0.2) is 12.4 Å². The van der Waals surface area contributed by atoms with Gasteiger partial charge in [0.05, 0.1) is 17.7 Å². The molecule has 5 nitrogen and oxygen atoms in total. The standard InChI is InChI=1S/C19H20ClNO4/c1-11-8-15(12(2)21(11)14-5-6-14)19(23)25-10-17(22)13-4-7-18(24-3)16(20)9-13/h4,7-9,14H,5-6,10H2,1-3H3. The maximum atomic E-state index is 12.3. The molecule has 0 aliphatic heterocycles. The Morgan fingerprint density at radius 3 is 2.56 bits per heavy atom. The van der Waals surface area contributed by atoms with Crippen LogP contribution >= 0.6 is 11.6 Å². The number of ether oxygens (including phenoxy) is 2. The van der Waals surface area contributed by atoms with E-state index >= 15 is 0 Å². The highest BCUT2D eigenvalue weighted by Crippen LogP contribution is 2.38. The number of nitrogens with zero attached hydrogens (tertiary/aromatic N) is 1. The van der Waals surface area contributed by atoms with Crippen LogP contribution in [0.5, 0.6) is 5.75 Å². The van der Waals surface area contributed by atoms with Gasteiger partial charge in [0.1, 0.15) is 5.75 Å². The number of hydrogen-bond donors (Lipinski definition) is 0. The normalized spacial score (nSPS) is 13.6. The van der Waals surface area contributed by atoms with Gasteiger partial charge in [-0.25, -0.2) is 4.79 Å². The molecule has 0 bridgehead atoms. The first-order valence-electron chi connectivity index (χ1n) is 8.14. The summed E-state index contributed by atoms with van der Waals surface area (Å²) in [6.45, 7) is 3.56. The molecule has 6 heteroatoms. The monoisotopic (exact) mass is 361 g/mol. The molecule has 132 valence electrons. The van der Waals surface area contributed by atoms with E-state index in [0.29, 0.717) is 27.9 Å². The van der Waals surface area contributed by atoms with Gasteiger partial charge in [0.25, 0.3) is 0 Å². The van der Waals surface area contributed by atoms with E-state index in [2.05, 4.69) is 4.57 Å². The van der Waals surface area contributed by atoms with E-state index in [1.165, 1.54) is 13.2 Å². The molecule has 1 heterocycles. The number of benzene rings is 1. The molecule has 1 fully saturated rings. The molecule has 1 aliphatic carbocycles. The molecule has 0 radical (unpaired) electrons. The Morgan fingerprint density at radius 1 is 1.24 bits per heavy atom. The highest BCUT2D eigenvalue weighted by Gasteiger charge is 2.28. The minimum absolute atomic E-state index is 0.311. The maximum Gasteiger partial charge on any atom is 0.340 e. The smallest absolute Gasteiger partial charge is 0.340 e. The Balaban J connectivity index is 1.67. The first-order valence-corrected chi connectivity index (χ1v) is 8.52. The van der Waals surface area contributed by atoms with Crippen molar-refractivity contribution in [1.82, 2.24) is 4.57 Å². The fourth-order valence-corrected chi connectivity index (χ4v) is 3.27. The average molecular weight is 362 g/mol. The third-order valence-electron chi connectivity index (χ3n) is 4.42. The maximum absolute atomic E-state index is 12.3. The van der Waals surface area contributed by atoms with Crippen molar-refractivity contribution in [1.29, 1.82) is 0 Å². The molecule has 25 heavy (non-hydrogen) atoms. The van der Waals surface area contributed by atoms with Crippen molar-refractivity contribution in [2.75, 3.05) is 13.7 Å². The number of ketones is 1. The van der Waals surface area contributed by atoms with Crippen LogP contribution in [-0.4, -0.2) is 30.0 Å². The van der Waals surface area contributed by atoms with E-state index in [0.717, 1.165) is 24.2 Å². The molecule has 1 aromatic carbocycles. The van der Waals surface area contributed by atoms with Gasteiger partial charge < -0.3 is 14.0 Å². The second kappa shape index (κ2) is 6.92. The van der Waals surface area contributed by atoms with E-state index in [1.807, 2.05) is 19.9 Å². The van der Waals surface area contributed by atoms with E-state index in [4.69, 9.17) is 21.1 Å². The third-order valence-corrected chi connectivity index (χ3v) is 4.72. The van der Waals surface area contributed by atoms with Gasteiger partial charge in [-0.1, -0.05) is 11.6 Å². The number of esters is 1. The second-order valence-corrected chi connectivity index (χ2v) is 6.64. The molecule has 0 spiro atoms. The van der Waals surface area contributed by atoms with Crippen LogP contribution < -0.4 is 4.74 Å². The van der Waals surface area contributed by atoms with Crippen molar-refractivity contribution in [2.45, 2.75) is 32.7 Å². The second-order valence-electron chi connectivity index (χ2n) is 6.23. The van der Waals surface area contributed by atoms with Crippen molar-refractivity contribution in [3.05, 3.63) is 51.8 Å². The van der Waals surface area contributed by atoms with Gasteiger partial charge in [-0.15, -0.1) is 0 Å². The van der Waals surface area contributed by atoms with Gasteiger partial charge >= 0.3 is 5.97 Å². The van der Waals surface area contributed by atoms with E-state index < -0.39 is 5.97 Å². The zero-order chi connectivity index (χ0) is 18.1. The number of aryl methyl sites for hydroxylation is 1. The highest BCUT2D eigenvalue weighted by molar-refractivity contribution is 6.32. The van der Waals surface area contributed by atoms with Crippen LogP contribution in [0.3, 0.4) is 0 Å². The number of halogens is 1. The molecule has 0 unspecified atom stereocenters. The lowest BCUT2D eigenvalue weighted by molar-refractivity contribution is 0.0474. The quantitative estimate of drug-likeness (QED) is 0.573. The Kier molecular flexibility index (Phi) is 4.86. The number of Topliss-reactive ketones (excluding diaryl/α,β-unsaturated/α-hetero) is 1. The third kappa shape index (κ3) is 3.56. The highest BCUT2D eigenvalue weighted by atomic mass is 35.5. The van der Waals surface area contributed by atoms with Crippen LogP contribution in [0.25, 0.3) is 0 Å². The first kappa shape index (κ1) is 17.5. The Hall–Kier alpha value is -2.27. The lowest BCUT2D eigenvalue weighted by Gasteiger charge is -2.08. The summed E-state index contributed by atoms with van der Waals surface area (Å²) in [5.41, 5.74) is 2.83. The zero-order valence-electron chi connectivity index (χ0n) is 14.5. The Morgan fingerprint density at radius 2 is 1.96 bits per heavy atom. The lowest BCUT2D eigenvalue weighted by atomic mass is 10.1. The molecule has 0 N–H and O–H groups in total. The largest absolute Gasteiger partial charge is 0.495 e. The molecule has 1 aromatic heterocycles. The van der Waals surface area contributed by atoms with Crippen LogP contribution in [0, 0.1) is 13.8 Å². The number of aromatic nitrogens is 1. The fraction of sp³-hybridized carbons (Fsp3) is 0.368. The van der Waals surface area contributed by atoms with E-state index in [9.17, 15) is 9.59 Å². The molecule has 1 saturated carbocycles. The molecule has 0 amide bonds. The molecule has 1 aliphatic rings. The van der Waals surface area contributed by atoms with Crippen molar-refractivity contribution < 1.29 is 19.1 Å². The Labute approximate surface area is 151 Å². The summed E-state index contributed by atoms with van der Waals surface area (Å²) in [6.07, 6.45) is 2.28. The predicted octanol–water partition coefficient (Wildman–Crippen LogP) is 4.14. The predicted molar refractivity (Wildman–Crippen MR) is 94.8 cm³/mol. The summed E-state index contributed by atoms with van der Waals surface area (Å²) in [4.78, 5) is 24.6. The molecule has 2 aromatic rings. The van der Waals surface area contributed by atoms with Gasteiger partial charge in [-0.3, -0.25) is 4.79 Å². The van der Waals surface area contributed by atoms with Crippen LogP contribution in [0.2, 0.25) is 5.02 Å². The average Bonchev–Trinajstić information content (AvgIpc) is 3.37. The number of hydrogen-bond acceptors (Lipinski definition) is 4. The summed E-state index contributed by atoms with van der Waals surface area (Å²) in [5, 5.41) is 0.340. The van der Waals surface area contributed by atoms with Gasteiger partial charge in [0.2, 0.25) is 0 Å². The molecular formula is C19H20ClNO4. The van der Waals surface area contributed by atoms with Crippen molar-refractivity contribution >= 4 is 23.4 Å². The first-order chi connectivity index (χ1) is 11.9. The summed E-state index contributed by atoms with van der Waals surface area (Å²) < 4.78 is 12.4. The van der Waals surface area contributed by atoms with Gasteiger partial charge in [-0.2, -0.15) is 0 Å². The lowest BCUT2D eigenvalue weighted by Crippen LogP contribution is -2.15. The van der Waals surface area contributed by atoms with Gasteiger partial charge in [0, 0.05) is 23.0 Å². The number of carbonyl (C=O) groups excluding carboxylic acids is 2. The molecular weight excluding hydrogens is 342 g/mol. The van der Waals surface area contributed by atoms with Crippen LogP contribution in [0.15, 0.2) is 24.3 Å². The van der Waals surface area contributed by atoms with Gasteiger partial charge in [-0.05, 0) is 51.0 Å². The summed E-state index contributed by atoms with van der Waals surface area (Å²) in [7, 11) is 1.50. The number of methoxy groups -OCH3 is 1. The SMILES string of the molecule is COc1ccc(C(=O)COC(=O)c2cc(C)n(C3CC3)c2C)cc1Cl. The molecule has 0 atom stereocenters. The fourth-order valence-electron chi connectivity index (χ4n) is 3.01. The minimum Gasteiger partial charge on any atom is -0.495 e. The summed E-state index contributed by atoms with van der Waals surface area (Å²) >= 11 is 6.02. The zero-order valence-corrected chi connectivity index (χ0v) is 15.2. The van der Waals surface area contributed by atoms with Crippen LogP contribution in [-0.2, 0) is 4.74 Å². The van der Waals surface area contributed by atoms with Crippen molar-refractivity contribution in [2.24, 2.45) is 0 Å². The van der Waals surface area contributed by atoms with Crippen LogP contribution in [0.1, 0.15) is 51.0 Å². The Bertz CT molecular complexity index is 836. The molecule has 3 rings (SSSR count). The topological polar surface area (TPSA) is 57.5 Å². The van der Waals surface area contributed by atoms with Crippen molar-refractivity contribution in [3.8, 4) is 5.75 Å².